The van der Waals surface area contributed by atoms with Gasteiger partial charge in [-0.05, 0) is 27.6 Å². The SMILES string of the molecule is O=C(NCc1ncc(-c2ccccc2)[nH]1)c1ccoc1Br. The minimum atomic E-state index is -0.215. The molecule has 3 aromatic rings. The summed E-state index contributed by atoms with van der Waals surface area (Å²) in [6.45, 7) is 0.323. The zero-order valence-corrected chi connectivity index (χ0v) is 12.6. The Hall–Kier alpha value is -2.34. The third-order valence-corrected chi connectivity index (χ3v) is 3.61. The van der Waals surface area contributed by atoms with Crippen molar-refractivity contribution < 1.29 is 9.21 Å². The van der Waals surface area contributed by atoms with E-state index in [9.17, 15) is 4.79 Å². The molecule has 1 aromatic carbocycles. The first-order valence-corrected chi connectivity index (χ1v) is 7.14. The molecule has 0 radical (unpaired) electrons. The highest BCUT2D eigenvalue weighted by atomic mass is 79.9. The number of halogens is 1. The molecule has 3 rings (SSSR count). The zero-order chi connectivity index (χ0) is 14.7. The molecule has 0 spiro atoms. The van der Waals surface area contributed by atoms with E-state index in [0.29, 0.717) is 22.6 Å². The summed E-state index contributed by atoms with van der Waals surface area (Å²) in [7, 11) is 0. The number of carbonyl (C=O) groups excluding carboxylic acids is 1. The summed E-state index contributed by atoms with van der Waals surface area (Å²) >= 11 is 3.18. The van der Waals surface area contributed by atoms with Crippen LogP contribution < -0.4 is 5.32 Å². The molecule has 1 amide bonds. The number of aromatic nitrogens is 2. The van der Waals surface area contributed by atoms with Crippen LogP contribution >= 0.6 is 15.9 Å². The third kappa shape index (κ3) is 3.05. The Morgan fingerprint density at radius 1 is 1.29 bits per heavy atom. The van der Waals surface area contributed by atoms with Crippen molar-refractivity contribution in [3.05, 3.63) is 64.9 Å². The lowest BCUT2D eigenvalue weighted by molar-refractivity contribution is 0.0948. The molecule has 0 saturated heterocycles. The van der Waals surface area contributed by atoms with Gasteiger partial charge in [-0.3, -0.25) is 4.79 Å². The number of aromatic amines is 1. The molecule has 2 N–H and O–H groups in total. The molecule has 6 heteroatoms. The molecule has 0 atom stereocenters. The number of nitrogens with one attached hydrogen (secondary N) is 2. The standard InChI is InChI=1S/C15H12BrN3O2/c16-14-11(6-7-21-14)15(20)18-9-13-17-8-12(19-13)10-4-2-1-3-5-10/h1-8H,9H2,(H,17,19)(H,18,20). The van der Waals surface area contributed by atoms with Gasteiger partial charge in [0.25, 0.3) is 5.91 Å². The van der Waals surface area contributed by atoms with Gasteiger partial charge in [0.05, 0.1) is 30.3 Å². The first kappa shape index (κ1) is 13.6. The van der Waals surface area contributed by atoms with Crippen LogP contribution in [0.2, 0.25) is 0 Å². The molecule has 0 aliphatic heterocycles. The molecule has 5 nitrogen and oxygen atoms in total. The maximum atomic E-state index is 11.9. The van der Waals surface area contributed by atoms with Crippen LogP contribution in [0.1, 0.15) is 16.2 Å². The van der Waals surface area contributed by atoms with E-state index >= 15 is 0 Å². The largest absolute Gasteiger partial charge is 0.457 e. The summed E-state index contributed by atoms with van der Waals surface area (Å²) in [4.78, 5) is 19.4. The normalized spacial score (nSPS) is 10.5. The van der Waals surface area contributed by atoms with Gasteiger partial charge in [0.15, 0.2) is 4.67 Å². The minimum Gasteiger partial charge on any atom is -0.457 e. The molecule has 2 heterocycles. The highest BCUT2D eigenvalue weighted by Crippen LogP contribution is 2.18. The molecule has 106 valence electrons. The summed E-state index contributed by atoms with van der Waals surface area (Å²) < 4.78 is 5.45. The lowest BCUT2D eigenvalue weighted by Crippen LogP contribution is -2.23. The van der Waals surface area contributed by atoms with Crippen LogP contribution in [0.25, 0.3) is 11.3 Å². The topological polar surface area (TPSA) is 70.9 Å². The molecule has 0 aliphatic carbocycles. The van der Waals surface area contributed by atoms with Crippen molar-refractivity contribution in [3.8, 4) is 11.3 Å². The van der Waals surface area contributed by atoms with Gasteiger partial charge in [0, 0.05) is 0 Å². The lowest BCUT2D eigenvalue weighted by atomic mass is 10.2. The fourth-order valence-corrected chi connectivity index (χ4v) is 2.35. The quantitative estimate of drug-likeness (QED) is 0.761. The van der Waals surface area contributed by atoms with Gasteiger partial charge in [-0.1, -0.05) is 30.3 Å². The second-order valence-corrected chi connectivity index (χ2v) is 5.12. The van der Waals surface area contributed by atoms with E-state index in [1.165, 1.54) is 6.26 Å². The first-order valence-electron chi connectivity index (χ1n) is 6.34. The molecule has 0 fully saturated rings. The molecule has 0 bridgehead atoms. The maximum Gasteiger partial charge on any atom is 0.256 e. The molecule has 0 saturated carbocycles. The second kappa shape index (κ2) is 5.97. The predicted octanol–water partition coefficient (Wildman–Crippen LogP) is 3.36. The highest BCUT2D eigenvalue weighted by molar-refractivity contribution is 9.10. The summed E-state index contributed by atoms with van der Waals surface area (Å²) in [5.74, 6) is 0.482. The van der Waals surface area contributed by atoms with Gasteiger partial charge in [0.1, 0.15) is 5.82 Å². The van der Waals surface area contributed by atoms with Gasteiger partial charge < -0.3 is 14.7 Å². The number of benzene rings is 1. The molecular weight excluding hydrogens is 334 g/mol. The van der Waals surface area contributed by atoms with Crippen LogP contribution in [-0.4, -0.2) is 15.9 Å². The average Bonchev–Trinajstić information content (AvgIpc) is 3.15. The monoisotopic (exact) mass is 345 g/mol. The predicted molar refractivity (Wildman–Crippen MR) is 81.6 cm³/mol. The van der Waals surface area contributed by atoms with Crippen LogP contribution in [0.5, 0.6) is 0 Å². The van der Waals surface area contributed by atoms with Gasteiger partial charge in [0.2, 0.25) is 0 Å². The number of H-pyrrole nitrogens is 1. The Labute approximate surface area is 129 Å². The number of carbonyl (C=O) groups is 1. The van der Waals surface area contributed by atoms with Crippen molar-refractivity contribution in [1.82, 2.24) is 15.3 Å². The fraction of sp³-hybridized carbons (Fsp3) is 0.0667. The maximum absolute atomic E-state index is 11.9. The van der Waals surface area contributed by atoms with Crippen LogP contribution in [0, 0.1) is 0 Å². The lowest BCUT2D eigenvalue weighted by Gasteiger charge is -2.01. The summed E-state index contributed by atoms with van der Waals surface area (Å²) in [5, 5.41) is 2.78. The van der Waals surface area contributed by atoms with Crippen LogP contribution in [0.15, 0.2) is 57.9 Å². The molecule has 0 unspecified atom stereocenters. The molecule has 21 heavy (non-hydrogen) atoms. The number of amides is 1. The fourth-order valence-electron chi connectivity index (χ4n) is 1.93. The van der Waals surface area contributed by atoms with Crippen molar-refractivity contribution in [1.29, 1.82) is 0 Å². The van der Waals surface area contributed by atoms with E-state index < -0.39 is 0 Å². The number of furan rings is 1. The van der Waals surface area contributed by atoms with E-state index in [1.807, 2.05) is 30.3 Å². The highest BCUT2D eigenvalue weighted by Gasteiger charge is 2.12. The summed E-state index contributed by atoms with van der Waals surface area (Å²) in [6.07, 6.45) is 3.21. The third-order valence-electron chi connectivity index (χ3n) is 2.99. The summed E-state index contributed by atoms with van der Waals surface area (Å²) in [5.41, 5.74) is 2.44. The van der Waals surface area contributed by atoms with Gasteiger partial charge >= 0.3 is 0 Å². The molecule has 0 aliphatic rings. The number of hydrogen-bond acceptors (Lipinski definition) is 3. The van der Waals surface area contributed by atoms with Crippen LogP contribution in [0.3, 0.4) is 0 Å². The van der Waals surface area contributed by atoms with E-state index in [4.69, 9.17) is 4.42 Å². The van der Waals surface area contributed by atoms with Crippen molar-refractivity contribution >= 4 is 21.8 Å². The summed E-state index contributed by atoms with van der Waals surface area (Å²) in [6, 6.07) is 11.5. The average molecular weight is 346 g/mol. The second-order valence-electron chi connectivity index (χ2n) is 4.40. The van der Waals surface area contributed by atoms with Gasteiger partial charge in [-0.2, -0.15) is 0 Å². The Bertz CT molecular complexity index is 749. The minimum absolute atomic E-state index is 0.215. The Morgan fingerprint density at radius 2 is 2.10 bits per heavy atom. The smallest absolute Gasteiger partial charge is 0.256 e. The van der Waals surface area contributed by atoms with Crippen molar-refractivity contribution in [2.75, 3.05) is 0 Å². The van der Waals surface area contributed by atoms with Crippen molar-refractivity contribution in [3.63, 3.8) is 0 Å². The first-order chi connectivity index (χ1) is 10.2. The van der Waals surface area contributed by atoms with Crippen LogP contribution in [0.4, 0.5) is 0 Å². The van der Waals surface area contributed by atoms with Gasteiger partial charge in [-0.15, -0.1) is 0 Å². The molecular formula is C15H12BrN3O2. The molecule has 2 aromatic heterocycles. The number of rotatable bonds is 4. The van der Waals surface area contributed by atoms with E-state index in [1.54, 1.807) is 12.3 Å². The Kier molecular flexibility index (Phi) is 3.87. The van der Waals surface area contributed by atoms with Crippen molar-refractivity contribution in [2.24, 2.45) is 0 Å². The van der Waals surface area contributed by atoms with Gasteiger partial charge in [-0.25, -0.2) is 4.98 Å². The van der Waals surface area contributed by atoms with Crippen molar-refractivity contribution in [2.45, 2.75) is 6.54 Å². The number of imidazole rings is 1. The Balaban J connectivity index is 1.66. The van der Waals surface area contributed by atoms with E-state index in [0.717, 1.165) is 11.3 Å². The van der Waals surface area contributed by atoms with Crippen LogP contribution in [-0.2, 0) is 6.54 Å². The van der Waals surface area contributed by atoms with E-state index in [2.05, 4.69) is 31.2 Å². The number of hydrogen-bond donors (Lipinski definition) is 2. The van der Waals surface area contributed by atoms with E-state index in [-0.39, 0.29) is 5.91 Å². The number of nitrogens with zero attached hydrogens (tertiary/aromatic N) is 1. The Morgan fingerprint density at radius 3 is 2.81 bits per heavy atom. The zero-order valence-electron chi connectivity index (χ0n) is 11.0.